The van der Waals surface area contributed by atoms with Crippen LogP contribution in [-0.4, -0.2) is 60.9 Å². The van der Waals surface area contributed by atoms with Crippen molar-refractivity contribution in [2.75, 3.05) is 18.0 Å². The standard InChI is InChI=1S/C22H23ClFN7O4/c1-10(31-27-11(2)26-28-31)21(33)25-12-5-6-29(8-12)19-16(24)7-14-18(17(19)23)30(13-3-4-13)9-15(20(14)32)22(34)35/h7,9-10,12-13H,3-6,8H2,1-2H3,(H,25,33)(H,34,35). The molecular weight excluding hydrogens is 481 g/mol. The van der Waals surface area contributed by atoms with E-state index in [4.69, 9.17) is 11.6 Å². The second-order valence-corrected chi connectivity index (χ2v) is 9.38. The summed E-state index contributed by atoms with van der Waals surface area (Å²) in [5, 5.41) is 24.1. The maximum absolute atomic E-state index is 15.3. The van der Waals surface area contributed by atoms with Crippen molar-refractivity contribution in [2.45, 2.75) is 51.2 Å². The molecule has 11 nitrogen and oxygen atoms in total. The molecule has 184 valence electrons. The lowest BCUT2D eigenvalue weighted by Gasteiger charge is -2.23. The number of aromatic carboxylic acids is 1. The number of tetrazole rings is 1. The maximum atomic E-state index is 15.3. The molecule has 2 aliphatic rings. The molecule has 13 heteroatoms. The van der Waals surface area contributed by atoms with Gasteiger partial charge in [0, 0.05) is 31.4 Å². The van der Waals surface area contributed by atoms with E-state index < -0.39 is 28.8 Å². The number of aryl methyl sites for hydroxylation is 1. The molecule has 1 saturated carbocycles. The average Bonchev–Trinajstić information content (AvgIpc) is 3.40. The van der Waals surface area contributed by atoms with Crippen LogP contribution in [0, 0.1) is 12.7 Å². The second kappa shape index (κ2) is 8.59. The van der Waals surface area contributed by atoms with Gasteiger partial charge in [-0.05, 0) is 44.4 Å². The van der Waals surface area contributed by atoms with Crippen LogP contribution in [-0.2, 0) is 4.79 Å². The molecule has 1 aliphatic heterocycles. The normalized spacial score (nSPS) is 18.7. The maximum Gasteiger partial charge on any atom is 0.341 e. The van der Waals surface area contributed by atoms with Gasteiger partial charge in [-0.25, -0.2) is 9.18 Å². The van der Waals surface area contributed by atoms with Crippen molar-refractivity contribution in [3.63, 3.8) is 0 Å². The van der Waals surface area contributed by atoms with Gasteiger partial charge < -0.3 is 19.9 Å². The minimum atomic E-state index is -1.37. The van der Waals surface area contributed by atoms with Crippen LogP contribution in [0.1, 0.15) is 54.5 Å². The Hall–Kier alpha value is -3.54. The van der Waals surface area contributed by atoms with E-state index in [0.29, 0.717) is 30.9 Å². The molecule has 2 atom stereocenters. The molecule has 35 heavy (non-hydrogen) atoms. The summed E-state index contributed by atoms with van der Waals surface area (Å²) in [6, 6.07) is 0.146. The van der Waals surface area contributed by atoms with Crippen LogP contribution in [0.2, 0.25) is 5.02 Å². The fraction of sp³-hybridized carbons (Fsp3) is 0.455. The molecule has 5 rings (SSSR count). The van der Waals surface area contributed by atoms with Gasteiger partial charge in [-0.1, -0.05) is 11.6 Å². The first kappa shape index (κ1) is 23.2. The number of carboxylic acid groups (broad SMARTS) is 1. The molecule has 2 unspecified atom stereocenters. The van der Waals surface area contributed by atoms with Gasteiger partial charge >= 0.3 is 5.97 Å². The quantitative estimate of drug-likeness (QED) is 0.522. The Morgan fingerprint density at radius 2 is 2.06 bits per heavy atom. The number of carbonyl (C=O) groups is 2. The van der Waals surface area contributed by atoms with Gasteiger partial charge in [-0.15, -0.1) is 10.2 Å². The first-order valence-corrected chi connectivity index (χ1v) is 11.6. The molecule has 1 aromatic carbocycles. The fourth-order valence-corrected chi connectivity index (χ4v) is 4.89. The van der Waals surface area contributed by atoms with E-state index in [9.17, 15) is 19.5 Å². The first-order valence-electron chi connectivity index (χ1n) is 11.3. The zero-order chi connectivity index (χ0) is 25.0. The fourth-order valence-electron chi connectivity index (χ4n) is 4.49. The van der Waals surface area contributed by atoms with Crippen LogP contribution >= 0.6 is 11.6 Å². The molecule has 0 radical (unpaired) electrons. The summed E-state index contributed by atoms with van der Waals surface area (Å²) in [6.07, 6.45) is 3.49. The SMILES string of the molecule is Cc1nnn(C(C)C(=O)NC2CCN(c3c(F)cc4c(=O)c(C(=O)O)cn(C5CC5)c4c3Cl)C2)n1. The van der Waals surface area contributed by atoms with Gasteiger partial charge in [-0.2, -0.15) is 4.80 Å². The lowest BCUT2D eigenvalue weighted by molar-refractivity contribution is -0.125. The van der Waals surface area contributed by atoms with Crippen LogP contribution in [0.15, 0.2) is 17.1 Å². The largest absolute Gasteiger partial charge is 0.477 e. The number of carbonyl (C=O) groups excluding carboxylic acids is 1. The minimum Gasteiger partial charge on any atom is -0.477 e. The number of fused-ring (bicyclic) bond motifs is 1. The van der Waals surface area contributed by atoms with E-state index in [1.807, 2.05) is 0 Å². The average molecular weight is 504 g/mol. The van der Waals surface area contributed by atoms with Crippen LogP contribution < -0.4 is 15.6 Å². The number of pyridine rings is 1. The van der Waals surface area contributed by atoms with Gasteiger partial charge in [0.2, 0.25) is 11.3 Å². The molecule has 3 heterocycles. The van der Waals surface area contributed by atoms with Crippen LogP contribution in [0.4, 0.5) is 10.1 Å². The number of amides is 1. The molecule has 2 fully saturated rings. The van der Waals surface area contributed by atoms with Gasteiger partial charge in [0.05, 0.1) is 21.6 Å². The highest BCUT2D eigenvalue weighted by atomic mass is 35.5. The molecule has 3 aromatic rings. The Morgan fingerprint density at radius 3 is 2.69 bits per heavy atom. The number of hydrogen-bond acceptors (Lipinski definition) is 7. The van der Waals surface area contributed by atoms with E-state index in [-0.39, 0.29) is 34.1 Å². The van der Waals surface area contributed by atoms with Crippen molar-refractivity contribution < 1.29 is 19.1 Å². The Bertz CT molecular complexity index is 1420. The van der Waals surface area contributed by atoms with Crippen molar-refractivity contribution >= 4 is 40.1 Å². The van der Waals surface area contributed by atoms with Gasteiger partial charge in [-0.3, -0.25) is 9.59 Å². The van der Waals surface area contributed by atoms with E-state index in [0.717, 1.165) is 18.9 Å². The number of nitrogens with one attached hydrogen (secondary N) is 1. The minimum absolute atomic E-state index is 0.00754. The number of halogens is 2. The molecular formula is C22H23ClFN7O4. The van der Waals surface area contributed by atoms with Gasteiger partial charge in [0.1, 0.15) is 17.4 Å². The highest BCUT2D eigenvalue weighted by molar-refractivity contribution is 6.38. The highest BCUT2D eigenvalue weighted by Crippen LogP contribution is 2.42. The Kier molecular flexibility index (Phi) is 5.70. The van der Waals surface area contributed by atoms with Crippen molar-refractivity contribution in [3.8, 4) is 0 Å². The monoisotopic (exact) mass is 503 g/mol. The highest BCUT2D eigenvalue weighted by Gasteiger charge is 2.33. The molecule has 2 aromatic heterocycles. The molecule has 1 aliphatic carbocycles. The summed E-state index contributed by atoms with van der Waals surface area (Å²) >= 11 is 6.69. The summed E-state index contributed by atoms with van der Waals surface area (Å²) in [6.45, 7) is 4.08. The number of anilines is 1. The summed E-state index contributed by atoms with van der Waals surface area (Å²) in [5.41, 5.74) is -0.722. The summed E-state index contributed by atoms with van der Waals surface area (Å²) < 4.78 is 17.0. The van der Waals surface area contributed by atoms with Crippen LogP contribution in [0.3, 0.4) is 0 Å². The second-order valence-electron chi connectivity index (χ2n) is 9.01. The predicted octanol–water partition coefficient (Wildman–Crippen LogP) is 2.08. The predicted molar refractivity (Wildman–Crippen MR) is 124 cm³/mol. The third-order valence-electron chi connectivity index (χ3n) is 6.46. The van der Waals surface area contributed by atoms with E-state index in [1.54, 1.807) is 23.3 Å². The Balaban J connectivity index is 1.44. The molecule has 2 N–H and O–H groups in total. The number of rotatable bonds is 6. The van der Waals surface area contributed by atoms with Gasteiger partial charge in [0.25, 0.3) is 0 Å². The summed E-state index contributed by atoms with van der Waals surface area (Å²) in [5.74, 6) is -1.91. The Labute approximate surface area is 203 Å². The Morgan fingerprint density at radius 1 is 1.31 bits per heavy atom. The van der Waals surface area contributed by atoms with Crippen LogP contribution in [0.5, 0.6) is 0 Å². The third-order valence-corrected chi connectivity index (χ3v) is 6.82. The summed E-state index contributed by atoms with van der Waals surface area (Å²) in [4.78, 5) is 40.0. The van der Waals surface area contributed by atoms with Crippen LogP contribution in [0.25, 0.3) is 10.9 Å². The third kappa shape index (κ3) is 4.11. The number of aromatic nitrogens is 5. The first-order chi connectivity index (χ1) is 16.7. The van der Waals surface area contributed by atoms with Crippen molar-refractivity contribution in [3.05, 3.63) is 44.7 Å². The van der Waals surface area contributed by atoms with Gasteiger partial charge in [0.15, 0.2) is 5.82 Å². The van der Waals surface area contributed by atoms with Crippen molar-refractivity contribution in [1.82, 2.24) is 30.1 Å². The van der Waals surface area contributed by atoms with Crippen molar-refractivity contribution in [2.24, 2.45) is 0 Å². The molecule has 0 spiro atoms. The number of hydrogen-bond donors (Lipinski definition) is 2. The van der Waals surface area contributed by atoms with E-state index in [1.165, 1.54) is 11.0 Å². The molecule has 1 saturated heterocycles. The lowest BCUT2D eigenvalue weighted by Crippen LogP contribution is -2.41. The number of benzene rings is 1. The number of nitrogens with zero attached hydrogens (tertiary/aromatic N) is 6. The zero-order valence-corrected chi connectivity index (χ0v) is 19.8. The molecule has 0 bridgehead atoms. The van der Waals surface area contributed by atoms with Crippen molar-refractivity contribution in [1.29, 1.82) is 0 Å². The smallest absolute Gasteiger partial charge is 0.341 e. The lowest BCUT2D eigenvalue weighted by atomic mass is 10.1. The topological polar surface area (TPSA) is 135 Å². The molecule has 1 amide bonds. The summed E-state index contributed by atoms with van der Waals surface area (Å²) in [7, 11) is 0. The van der Waals surface area contributed by atoms with E-state index in [2.05, 4.69) is 20.7 Å². The van der Waals surface area contributed by atoms with E-state index >= 15 is 4.39 Å². The number of carboxylic acids is 1. The zero-order valence-electron chi connectivity index (χ0n) is 19.0.